The molecule has 0 aliphatic rings. The van der Waals surface area contributed by atoms with E-state index in [4.69, 9.17) is 29.4 Å². The minimum absolute atomic E-state index is 0.559. The van der Waals surface area contributed by atoms with Crippen LogP contribution in [0, 0.1) is 13.8 Å². The highest BCUT2D eigenvalue weighted by molar-refractivity contribution is 6.10. The smallest absolute Gasteiger partial charge is 0.153 e. The van der Waals surface area contributed by atoms with Crippen LogP contribution in [0.4, 0.5) is 0 Å². The Morgan fingerprint density at radius 1 is 0.400 bits per heavy atom. The lowest BCUT2D eigenvalue weighted by Crippen LogP contribution is -2.01. The highest BCUT2D eigenvalue weighted by Gasteiger charge is 2.19. The van der Waals surface area contributed by atoms with Crippen molar-refractivity contribution in [1.82, 2.24) is 59.1 Å². The maximum atomic E-state index is 6.78. The Morgan fingerprint density at radius 2 is 0.857 bits per heavy atom. The van der Waals surface area contributed by atoms with Crippen LogP contribution in [-0.4, -0.2) is 59.1 Å². The topological polar surface area (TPSA) is 141 Å². The summed E-state index contributed by atoms with van der Waals surface area (Å²) in [7, 11) is 0. The molecule has 0 bridgehead atoms. The molecule has 334 valence electrons. The zero-order valence-corrected chi connectivity index (χ0v) is 37.7. The molecule has 0 fully saturated rings. The molecule has 14 heteroatoms. The molecule has 6 aromatic carbocycles. The van der Waals surface area contributed by atoms with Crippen molar-refractivity contribution < 1.29 is 9.47 Å². The van der Waals surface area contributed by atoms with E-state index in [1.54, 1.807) is 46.5 Å². The summed E-state index contributed by atoms with van der Waals surface area (Å²) >= 11 is 0. The van der Waals surface area contributed by atoms with E-state index in [2.05, 4.69) is 116 Å². The molecule has 0 aliphatic carbocycles. The van der Waals surface area contributed by atoms with Crippen molar-refractivity contribution in [3.63, 3.8) is 0 Å². The predicted molar refractivity (Wildman–Crippen MR) is 270 cm³/mol. The largest absolute Gasteiger partial charge is 0.455 e. The van der Waals surface area contributed by atoms with Crippen LogP contribution < -0.4 is 9.47 Å². The molecule has 0 saturated heterocycles. The van der Waals surface area contributed by atoms with E-state index in [0.717, 1.165) is 77.5 Å². The van der Waals surface area contributed by atoms with Gasteiger partial charge < -0.3 is 9.47 Å². The standard InChI is InChI=1S/C56H38N12O2/c1-35-19-21-57-55(27-35)67-47-9-5-3-7-41(47)43-15-13-39(31-51(43)67)69-53-29-37(11-17-49(53)65-25-23-61-63-65)45-33-60-46(34-59-45)38-12-18-50(66-26-24-62-64-66)54(30-38)70-40-14-16-44-42-8-4-6-10-48(42)68(52(44)32-40)56-28-36(2)20-22-58-56/h3-34H,1-2H3. The average Bonchev–Trinajstić information content (AvgIpc) is 4.23. The van der Waals surface area contributed by atoms with Gasteiger partial charge in [-0.05, 0) is 110 Å². The fourth-order valence-corrected chi connectivity index (χ4v) is 9.25. The third-order valence-electron chi connectivity index (χ3n) is 12.5. The van der Waals surface area contributed by atoms with Crippen molar-refractivity contribution in [2.75, 3.05) is 0 Å². The van der Waals surface area contributed by atoms with Crippen LogP contribution in [0.25, 0.3) is 89.1 Å². The van der Waals surface area contributed by atoms with Crippen LogP contribution in [0.1, 0.15) is 11.1 Å². The number of fused-ring (bicyclic) bond motifs is 6. The summed E-state index contributed by atoms with van der Waals surface area (Å²) in [6.07, 6.45) is 14.1. The molecule has 0 spiro atoms. The summed E-state index contributed by atoms with van der Waals surface area (Å²) in [6.45, 7) is 4.14. The number of benzene rings is 6. The summed E-state index contributed by atoms with van der Waals surface area (Å²) in [4.78, 5) is 19.4. The Balaban J connectivity index is 0.846. The second-order valence-electron chi connectivity index (χ2n) is 17.0. The number of hydrogen-bond donors (Lipinski definition) is 0. The molecular formula is C56H38N12O2. The van der Waals surface area contributed by atoms with Gasteiger partial charge in [0.2, 0.25) is 0 Å². The first-order valence-corrected chi connectivity index (χ1v) is 22.6. The first kappa shape index (κ1) is 40.5. The summed E-state index contributed by atoms with van der Waals surface area (Å²) in [5.74, 6) is 4.07. The molecule has 0 radical (unpaired) electrons. The third-order valence-corrected chi connectivity index (χ3v) is 12.5. The number of rotatable bonds is 10. The van der Waals surface area contributed by atoms with Gasteiger partial charge in [-0.2, -0.15) is 0 Å². The monoisotopic (exact) mass is 910 g/mol. The van der Waals surface area contributed by atoms with Gasteiger partial charge in [0.25, 0.3) is 0 Å². The average molecular weight is 911 g/mol. The van der Waals surface area contributed by atoms with E-state index in [9.17, 15) is 0 Å². The molecule has 0 saturated carbocycles. The van der Waals surface area contributed by atoms with Crippen molar-refractivity contribution in [1.29, 1.82) is 0 Å². The molecule has 7 heterocycles. The number of hydrogen-bond acceptors (Lipinski definition) is 10. The lowest BCUT2D eigenvalue weighted by molar-refractivity contribution is 0.478. The number of aryl methyl sites for hydroxylation is 2. The zero-order valence-electron chi connectivity index (χ0n) is 37.7. The van der Waals surface area contributed by atoms with Gasteiger partial charge in [0.1, 0.15) is 34.5 Å². The van der Waals surface area contributed by atoms with E-state index in [-0.39, 0.29) is 0 Å². The SMILES string of the molecule is Cc1ccnc(-n2c3ccccc3c3ccc(Oc4cc(-c5cnc(-c6ccc(-n7ccnn7)c(Oc7ccc8c9ccccc9n(-c9cc(C)ccn9)c8c7)c6)cn5)ccc4-n4ccnn4)cc32)c1. The predicted octanol–water partition coefficient (Wildman–Crippen LogP) is 12.2. The minimum Gasteiger partial charge on any atom is -0.455 e. The van der Waals surface area contributed by atoms with Gasteiger partial charge in [0, 0.05) is 57.2 Å². The first-order chi connectivity index (χ1) is 34.5. The Labute approximate surface area is 399 Å². The Bertz CT molecular complexity index is 3840. The van der Waals surface area contributed by atoms with Crippen molar-refractivity contribution in [3.05, 3.63) is 206 Å². The van der Waals surface area contributed by atoms with Crippen molar-refractivity contribution in [2.45, 2.75) is 13.8 Å². The number of nitrogens with zero attached hydrogens (tertiary/aromatic N) is 12. The lowest BCUT2D eigenvalue weighted by Gasteiger charge is -2.14. The maximum absolute atomic E-state index is 6.78. The van der Waals surface area contributed by atoms with Gasteiger partial charge in [0.15, 0.2) is 11.5 Å². The molecule has 0 unspecified atom stereocenters. The van der Waals surface area contributed by atoms with E-state index >= 15 is 0 Å². The highest BCUT2D eigenvalue weighted by Crippen LogP contribution is 2.40. The molecule has 70 heavy (non-hydrogen) atoms. The summed E-state index contributed by atoms with van der Waals surface area (Å²) in [6, 6.07) is 48.9. The van der Waals surface area contributed by atoms with Crippen LogP contribution >= 0.6 is 0 Å². The van der Waals surface area contributed by atoms with Crippen molar-refractivity contribution in [3.8, 4) is 68.5 Å². The quantitative estimate of drug-likeness (QED) is 0.130. The van der Waals surface area contributed by atoms with Crippen molar-refractivity contribution in [2.24, 2.45) is 0 Å². The van der Waals surface area contributed by atoms with E-state index in [1.807, 2.05) is 85.2 Å². The first-order valence-electron chi connectivity index (χ1n) is 22.6. The molecule has 0 atom stereocenters. The van der Waals surface area contributed by atoms with Gasteiger partial charge in [-0.3, -0.25) is 19.1 Å². The van der Waals surface area contributed by atoms with Gasteiger partial charge >= 0.3 is 0 Å². The Kier molecular flexibility index (Phi) is 9.54. The molecule has 13 aromatic rings. The Morgan fingerprint density at radius 3 is 1.29 bits per heavy atom. The third kappa shape index (κ3) is 7.06. The Hall–Kier alpha value is -9.82. The lowest BCUT2D eigenvalue weighted by atomic mass is 10.1. The van der Waals surface area contributed by atoms with Gasteiger partial charge in [-0.15, -0.1) is 10.2 Å². The second kappa shape index (κ2) is 16.5. The second-order valence-corrected chi connectivity index (χ2v) is 17.0. The molecule has 14 nitrogen and oxygen atoms in total. The maximum Gasteiger partial charge on any atom is 0.153 e. The zero-order chi connectivity index (χ0) is 46.7. The summed E-state index contributed by atoms with van der Waals surface area (Å²) in [5, 5.41) is 21.2. The van der Waals surface area contributed by atoms with Gasteiger partial charge in [0.05, 0.1) is 70.6 Å². The molecule has 7 aromatic heterocycles. The van der Waals surface area contributed by atoms with Crippen LogP contribution in [-0.2, 0) is 0 Å². The number of pyridine rings is 2. The van der Waals surface area contributed by atoms with E-state index in [0.29, 0.717) is 45.8 Å². The summed E-state index contributed by atoms with van der Waals surface area (Å²) in [5.41, 5.74) is 10.6. The van der Waals surface area contributed by atoms with Crippen LogP contribution in [0.3, 0.4) is 0 Å². The van der Waals surface area contributed by atoms with Gasteiger partial charge in [-0.25, -0.2) is 19.3 Å². The normalized spacial score (nSPS) is 11.6. The molecule has 0 aliphatic heterocycles. The molecule has 0 amide bonds. The number of ether oxygens (including phenoxy) is 2. The van der Waals surface area contributed by atoms with Crippen molar-refractivity contribution >= 4 is 43.6 Å². The molecule has 13 rings (SSSR count). The highest BCUT2D eigenvalue weighted by atomic mass is 16.5. The van der Waals surface area contributed by atoms with E-state index in [1.165, 1.54) is 0 Å². The fourth-order valence-electron chi connectivity index (χ4n) is 9.25. The van der Waals surface area contributed by atoms with E-state index < -0.39 is 0 Å². The molecular weight excluding hydrogens is 873 g/mol. The van der Waals surface area contributed by atoms with Crippen LogP contribution in [0.15, 0.2) is 195 Å². The fraction of sp³-hybridized carbons (Fsp3) is 0.0357. The minimum atomic E-state index is 0.559. The number of para-hydroxylation sites is 2. The molecule has 0 N–H and O–H groups in total. The van der Waals surface area contributed by atoms with Gasteiger partial charge in [-0.1, -0.05) is 59.0 Å². The van der Waals surface area contributed by atoms with Crippen LogP contribution in [0.5, 0.6) is 23.0 Å². The van der Waals surface area contributed by atoms with Crippen LogP contribution in [0.2, 0.25) is 0 Å². The summed E-state index contributed by atoms with van der Waals surface area (Å²) < 4.78 is 21.3. The number of aromatic nitrogens is 12.